The SMILES string of the molecule is NCC1(C2CCOCC2)CCCC1. The normalized spacial score (nSPS) is 29.3. The summed E-state index contributed by atoms with van der Waals surface area (Å²) in [5.74, 6) is 0.855. The smallest absolute Gasteiger partial charge is 0.0468 e. The molecule has 2 rings (SSSR count). The van der Waals surface area contributed by atoms with E-state index in [-0.39, 0.29) is 0 Å². The molecule has 1 aliphatic heterocycles. The van der Waals surface area contributed by atoms with Gasteiger partial charge in [-0.15, -0.1) is 0 Å². The molecule has 1 heterocycles. The van der Waals surface area contributed by atoms with Gasteiger partial charge in [-0.05, 0) is 43.6 Å². The third-order valence-corrected chi connectivity index (χ3v) is 4.09. The van der Waals surface area contributed by atoms with Gasteiger partial charge >= 0.3 is 0 Å². The molecule has 1 aliphatic carbocycles. The van der Waals surface area contributed by atoms with Crippen molar-refractivity contribution in [3.8, 4) is 0 Å². The fourth-order valence-electron chi connectivity index (χ4n) is 3.17. The van der Waals surface area contributed by atoms with Crippen LogP contribution in [0.1, 0.15) is 38.5 Å². The van der Waals surface area contributed by atoms with Crippen molar-refractivity contribution in [1.82, 2.24) is 0 Å². The van der Waals surface area contributed by atoms with Crippen LogP contribution in [0.3, 0.4) is 0 Å². The van der Waals surface area contributed by atoms with Crippen molar-refractivity contribution in [2.75, 3.05) is 19.8 Å². The summed E-state index contributed by atoms with van der Waals surface area (Å²) in [6.45, 7) is 2.83. The largest absolute Gasteiger partial charge is 0.381 e. The Kier molecular flexibility index (Phi) is 2.89. The minimum Gasteiger partial charge on any atom is -0.381 e. The Bertz CT molecular complexity index is 157. The van der Waals surface area contributed by atoms with Crippen LogP contribution in [0.5, 0.6) is 0 Å². The van der Waals surface area contributed by atoms with Gasteiger partial charge in [0.25, 0.3) is 0 Å². The predicted molar refractivity (Wildman–Crippen MR) is 53.5 cm³/mol. The second-order valence-corrected chi connectivity index (χ2v) is 4.66. The Morgan fingerprint density at radius 3 is 2.31 bits per heavy atom. The van der Waals surface area contributed by atoms with Gasteiger partial charge in [0.2, 0.25) is 0 Å². The van der Waals surface area contributed by atoms with Gasteiger partial charge in [-0.2, -0.15) is 0 Å². The third kappa shape index (κ3) is 1.75. The highest BCUT2D eigenvalue weighted by Crippen LogP contribution is 2.47. The molecule has 2 N–H and O–H groups in total. The van der Waals surface area contributed by atoms with Crippen LogP contribution in [0.2, 0.25) is 0 Å². The Balaban J connectivity index is 2.01. The quantitative estimate of drug-likeness (QED) is 0.710. The van der Waals surface area contributed by atoms with Gasteiger partial charge in [0.05, 0.1) is 0 Å². The summed E-state index contributed by atoms with van der Waals surface area (Å²) in [6.07, 6.45) is 8.03. The molecule has 0 radical (unpaired) electrons. The Morgan fingerprint density at radius 2 is 1.77 bits per heavy atom. The number of ether oxygens (including phenoxy) is 1. The van der Waals surface area contributed by atoms with Gasteiger partial charge in [-0.1, -0.05) is 12.8 Å². The van der Waals surface area contributed by atoms with E-state index in [1.165, 1.54) is 38.5 Å². The highest BCUT2D eigenvalue weighted by atomic mass is 16.5. The van der Waals surface area contributed by atoms with Gasteiger partial charge in [-0.3, -0.25) is 0 Å². The Hall–Kier alpha value is -0.0800. The molecule has 0 atom stereocenters. The van der Waals surface area contributed by atoms with Gasteiger partial charge in [0.15, 0.2) is 0 Å². The molecule has 1 saturated carbocycles. The van der Waals surface area contributed by atoms with Crippen molar-refractivity contribution in [1.29, 1.82) is 0 Å². The standard InChI is InChI=1S/C11H21NO/c12-9-11(5-1-2-6-11)10-3-7-13-8-4-10/h10H,1-9,12H2. The van der Waals surface area contributed by atoms with Crippen LogP contribution < -0.4 is 5.73 Å². The van der Waals surface area contributed by atoms with Crippen molar-refractivity contribution >= 4 is 0 Å². The molecule has 0 spiro atoms. The van der Waals surface area contributed by atoms with E-state index < -0.39 is 0 Å². The molecule has 2 heteroatoms. The van der Waals surface area contributed by atoms with Crippen molar-refractivity contribution in [3.05, 3.63) is 0 Å². The third-order valence-electron chi connectivity index (χ3n) is 4.09. The van der Waals surface area contributed by atoms with Crippen LogP contribution in [0, 0.1) is 11.3 Å². The molecule has 2 fully saturated rings. The molecule has 76 valence electrons. The molecule has 0 amide bonds. The fraction of sp³-hybridized carbons (Fsp3) is 1.00. The second-order valence-electron chi connectivity index (χ2n) is 4.66. The molecule has 0 unspecified atom stereocenters. The number of rotatable bonds is 2. The van der Waals surface area contributed by atoms with E-state index in [4.69, 9.17) is 10.5 Å². The van der Waals surface area contributed by atoms with Crippen LogP contribution in [-0.4, -0.2) is 19.8 Å². The first-order valence-electron chi connectivity index (χ1n) is 5.65. The summed E-state index contributed by atoms with van der Waals surface area (Å²) in [6, 6.07) is 0. The van der Waals surface area contributed by atoms with Crippen molar-refractivity contribution < 1.29 is 4.74 Å². The zero-order valence-corrected chi connectivity index (χ0v) is 8.43. The number of hydrogen-bond donors (Lipinski definition) is 1. The molecular weight excluding hydrogens is 162 g/mol. The maximum absolute atomic E-state index is 5.96. The molecule has 2 nitrogen and oxygen atoms in total. The molecule has 0 aromatic carbocycles. The van der Waals surface area contributed by atoms with Crippen LogP contribution in [0.4, 0.5) is 0 Å². The van der Waals surface area contributed by atoms with E-state index in [2.05, 4.69) is 0 Å². The van der Waals surface area contributed by atoms with Gasteiger partial charge < -0.3 is 10.5 Å². The lowest BCUT2D eigenvalue weighted by Crippen LogP contribution is -2.38. The molecule has 1 saturated heterocycles. The first-order chi connectivity index (χ1) is 6.37. The first kappa shape index (κ1) is 9.47. The Labute approximate surface area is 80.8 Å². The van der Waals surface area contributed by atoms with Crippen molar-refractivity contribution in [3.63, 3.8) is 0 Å². The van der Waals surface area contributed by atoms with Crippen LogP contribution in [0.25, 0.3) is 0 Å². The summed E-state index contributed by atoms with van der Waals surface area (Å²) >= 11 is 0. The van der Waals surface area contributed by atoms with E-state index in [1.807, 2.05) is 0 Å². The lowest BCUT2D eigenvalue weighted by atomic mass is 9.70. The molecule has 0 bridgehead atoms. The predicted octanol–water partition coefficient (Wildman–Crippen LogP) is 1.93. The Morgan fingerprint density at radius 1 is 1.15 bits per heavy atom. The fourth-order valence-corrected chi connectivity index (χ4v) is 3.17. The van der Waals surface area contributed by atoms with Crippen LogP contribution >= 0.6 is 0 Å². The average molecular weight is 183 g/mol. The van der Waals surface area contributed by atoms with E-state index >= 15 is 0 Å². The van der Waals surface area contributed by atoms with Crippen LogP contribution in [0.15, 0.2) is 0 Å². The van der Waals surface area contributed by atoms with E-state index in [0.29, 0.717) is 5.41 Å². The lowest BCUT2D eigenvalue weighted by Gasteiger charge is -2.39. The highest BCUT2D eigenvalue weighted by Gasteiger charge is 2.40. The van der Waals surface area contributed by atoms with E-state index in [0.717, 1.165) is 25.7 Å². The van der Waals surface area contributed by atoms with E-state index in [9.17, 15) is 0 Å². The summed E-state index contributed by atoms with van der Waals surface area (Å²) in [4.78, 5) is 0. The summed E-state index contributed by atoms with van der Waals surface area (Å²) in [5, 5.41) is 0. The highest BCUT2D eigenvalue weighted by molar-refractivity contribution is 4.92. The van der Waals surface area contributed by atoms with Crippen LogP contribution in [-0.2, 0) is 4.74 Å². The number of hydrogen-bond acceptors (Lipinski definition) is 2. The zero-order chi connectivity index (χ0) is 9.15. The zero-order valence-electron chi connectivity index (χ0n) is 8.43. The minimum atomic E-state index is 0.504. The molecule has 0 aromatic rings. The first-order valence-corrected chi connectivity index (χ1v) is 5.65. The maximum atomic E-state index is 5.96. The summed E-state index contributed by atoms with van der Waals surface area (Å²) < 4.78 is 5.41. The molecule has 13 heavy (non-hydrogen) atoms. The van der Waals surface area contributed by atoms with E-state index in [1.54, 1.807) is 0 Å². The second kappa shape index (κ2) is 3.97. The lowest BCUT2D eigenvalue weighted by molar-refractivity contribution is 0.0148. The van der Waals surface area contributed by atoms with Gasteiger partial charge in [-0.25, -0.2) is 0 Å². The molecule has 0 aromatic heterocycles. The average Bonchev–Trinajstić information content (AvgIpc) is 2.69. The van der Waals surface area contributed by atoms with Crippen molar-refractivity contribution in [2.45, 2.75) is 38.5 Å². The van der Waals surface area contributed by atoms with Gasteiger partial charge in [0.1, 0.15) is 0 Å². The monoisotopic (exact) mass is 183 g/mol. The maximum Gasteiger partial charge on any atom is 0.0468 e. The summed E-state index contributed by atoms with van der Waals surface area (Å²) in [5.41, 5.74) is 6.46. The molecule has 2 aliphatic rings. The molecular formula is C11H21NO. The topological polar surface area (TPSA) is 35.2 Å². The van der Waals surface area contributed by atoms with Crippen molar-refractivity contribution in [2.24, 2.45) is 17.1 Å². The number of nitrogens with two attached hydrogens (primary N) is 1. The minimum absolute atomic E-state index is 0.504. The summed E-state index contributed by atoms with van der Waals surface area (Å²) in [7, 11) is 0. The van der Waals surface area contributed by atoms with Gasteiger partial charge in [0, 0.05) is 13.2 Å².